The first kappa shape index (κ1) is 16.1. The van der Waals surface area contributed by atoms with E-state index in [1.54, 1.807) is 11.3 Å². The smallest absolute Gasteiger partial charge is 0.327 e. The number of nitrogens with zero attached hydrogens (tertiary/aromatic N) is 1. The van der Waals surface area contributed by atoms with Crippen molar-refractivity contribution in [3.63, 3.8) is 0 Å². The molecule has 23 heavy (non-hydrogen) atoms. The number of methoxy groups -OCH3 is 1. The van der Waals surface area contributed by atoms with Gasteiger partial charge in [-0.3, -0.25) is 5.32 Å². The van der Waals surface area contributed by atoms with Crippen molar-refractivity contribution in [3.8, 4) is 0 Å². The van der Waals surface area contributed by atoms with Crippen LogP contribution in [0.1, 0.15) is 53.9 Å². The number of aromatic nitrogens is 1. The van der Waals surface area contributed by atoms with E-state index in [2.05, 4.69) is 10.7 Å². The lowest BCUT2D eigenvalue weighted by molar-refractivity contribution is -0.143. The highest BCUT2D eigenvalue weighted by Gasteiger charge is 2.22. The summed E-state index contributed by atoms with van der Waals surface area (Å²) in [4.78, 5) is 16.8. The number of nitrogens with one attached hydrogen (secondary N) is 1. The fraction of sp³-hybridized carbons (Fsp3) is 0.444. The van der Waals surface area contributed by atoms with E-state index in [-0.39, 0.29) is 5.97 Å². The molecule has 1 aliphatic rings. The third-order valence-electron chi connectivity index (χ3n) is 4.33. The number of hydrogen-bond acceptors (Lipinski definition) is 5. The monoisotopic (exact) mass is 330 g/mol. The molecule has 0 bridgehead atoms. The minimum absolute atomic E-state index is 0.276. The van der Waals surface area contributed by atoms with Gasteiger partial charge in [0.1, 0.15) is 6.04 Å². The largest absolute Gasteiger partial charge is 0.468 e. The number of thiazole rings is 1. The highest BCUT2D eigenvalue weighted by atomic mass is 32.1. The summed E-state index contributed by atoms with van der Waals surface area (Å²) in [5, 5.41) is 6.62. The SMILES string of the molecule is COC(=O)[C@@H](NCc1csc(C2CCCC2)n1)c1ccccc1. The van der Waals surface area contributed by atoms with Gasteiger partial charge in [0.15, 0.2) is 0 Å². The molecule has 0 spiro atoms. The maximum atomic E-state index is 12.0. The minimum atomic E-state index is -0.460. The molecule has 1 N–H and O–H groups in total. The summed E-state index contributed by atoms with van der Waals surface area (Å²) in [6, 6.07) is 9.19. The Kier molecular flexibility index (Phi) is 5.41. The molecular weight excluding hydrogens is 308 g/mol. The molecule has 3 rings (SSSR count). The van der Waals surface area contributed by atoms with E-state index in [4.69, 9.17) is 9.72 Å². The molecule has 1 aliphatic carbocycles. The zero-order valence-corrected chi connectivity index (χ0v) is 14.1. The standard InChI is InChI=1S/C18H22N2O2S/c1-22-18(21)16(13-7-3-2-4-8-13)19-11-15-12-23-17(20-15)14-9-5-6-10-14/h2-4,7-8,12,14,16,19H,5-6,9-11H2,1H3/t16-/m0/s1. The second-order valence-corrected chi connectivity index (χ2v) is 6.80. The molecule has 122 valence electrons. The summed E-state index contributed by atoms with van der Waals surface area (Å²) in [6.45, 7) is 0.567. The quantitative estimate of drug-likeness (QED) is 0.819. The second-order valence-electron chi connectivity index (χ2n) is 5.91. The van der Waals surface area contributed by atoms with E-state index in [1.807, 2.05) is 30.3 Å². The maximum Gasteiger partial charge on any atom is 0.327 e. The molecule has 0 aliphatic heterocycles. The van der Waals surface area contributed by atoms with Crippen molar-refractivity contribution in [2.24, 2.45) is 0 Å². The van der Waals surface area contributed by atoms with Crippen LogP contribution in [0, 0.1) is 0 Å². The topological polar surface area (TPSA) is 51.2 Å². The Labute approximate surface area is 140 Å². The van der Waals surface area contributed by atoms with Crippen molar-refractivity contribution in [1.82, 2.24) is 10.3 Å². The van der Waals surface area contributed by atoms with Gasteiger partial charge in [0, 0.05) is 17.8 Å². The van der Waals surface area contributed by atoms with Crippen molar-refractivity contribution in [1.29, 1.82) is 0 Å². The molecule has 1 aromatic carbocycles. The maximum absolute atomic E-state index is 12.0. The predicted molar refractivity (Wildman–Crippen MR) is 91.4 cm³/mol. The van der Waals surface area contributed by atoms with Gasteiger partial charge in [-0.2, -0.15) is 0 Å². The number of hydrogen-bond donors (Lipinski definition) is 1. The molecule has 2 aromatic rings. The third-order valence-corrected chi connectivity index (χ3v) is 5.39. The normalized spacial score (nSPS) is 16.4. The highest BCUT2D eigenvalue weighted by molar-refractivity contribution is 7.09. The van der Waals surface area contributed by atoms with Crippen molar-refractivity contribution in [2.75, 3.05) is 7.11 Å². The summed E-state index contributed by atoms with van der Waals surface area (Å²) in [5.41, 5.74) is 1.91. The van der Waals surface area contributed by atoms with E-state index in [0.717, 1.165) is 11.3 Å². The van der Waals surface area contributed by atoms with Crippen LogP contribution in [0.4, 0.5) is 0 Å². The summed E-state index contributed by atoms with van der Waals surface area (Å²) in [7, 11) is 1.42. The van der Waals surface area contributed by atoms with Crippen LogP contribution < -0.4 is 5.32 Å². The minimum Gasteiger partial charge on any atom is -0.468 e. The zero-order valence-electron chi connectivity index (χ0n) is 13.3. The number of rotatable bonds is 6. The van der Waals surface area contributed by atoms with Crippen molar-refractivity contribution in [2.45, 2.75) is 44.2 Å². The fourth-order valence-corrected chi connectivity index (χ4v) is 4.06. The number of ether oxygens (including phenoxy) is 1. The lowest BCUT2D eigenvalue weighted by Gasteiger charge is -2.16. The van der Waals surface area contributed by atoms with Crippen LogP contribution in [0.15, 0.2) is 35.7 Å². The highest BCUT2D eigenvalue weighted by Crippen LogP contribution is 2.35. The second kappa shape index (κ2) is 7.70. The summed E-state index contributed by atoms with van der Waals surface area (Å²) < 4.78 is 4.92. The Morgan fingerprint density at radius 3 is 2.78 bits per heavy atom. The van der Waals surface area contributed by atoms with Gasteiger partial charge in [-0.1, -0.05) is 43.2 Å². The lowest BCUT2D eigenvalue weighted by Crippen LogP contribution is -2.29. The van der Waals surface area contributed by atoms with Crippen molar-refractivity contribution >= 4 is 17.3 Å². The number of esters is 1. The van der Waals surface area contributed by atoms with E-state index < -0.39 is 6.04 Å². The van der Waals surface area contributed by atoms with Gasteiger partial charge in [0.25, 0.3) is 0 Å². The summed E-state index contributed by atoms with van der Waals surface area (Å²) >= 11 is 1.74. The first-order valence-corrected chi connectivity index (χ1v) is 8.96. The molecule has 4 nitrogen and oxygen atoms in total. The van der Waals surface area contributed by atoms with Gasteiger partial charge in [0.05, 0.1) is 17.8 Å². The number of carbonyl (C=O) groups is 1. The van der Waals surface area contributed by atoms with Crippen molar-refractivity contribution in [3.05, 3.63) is 52.0 Å². The first-order chi connectivity index (χ1) is 11.3. The van der Waals surface area contributed by atoms with Crippen LogP contribution in [-0.2, 0) is 16.1 Å². The number of benzene rings is 1. The molecule has 1 heterocycles. The third kappa shape index (κ3) is 3.98. The predicted octanol–water partition coefficient (Wildman–Crippen LogP) is 3.80. The molecule has 1 aromatic heterocycles. The van der Waals surface area contributed by atoms with Crippen LogP contribution in [0.3, 0.4) is 0 Å². The van der Waals surface area contributed by atoms with E-state index in [9.17, 15) is 4.79 Å². The molecule has 1 saturated carbocycles. The Morgan fingerprint density at radius 1 is 1.35 bits per heavy atom. The number of carbonyl (C=O) groups excluding carboxylic acids is 1. The van der Waals surface area contributed by atoms with Gasteiger partial charge < -0.3 is 4.74 Å². The summed E-state index contributed by atoms with van der Waals surface area (Å²) in [6.07, 6.45) is 5.15. The van der Waals surface area contributed by atoms with Crippen LogP contribution in [0.5, 0.6) is 0 Å². The average molecular weight is 330 g/mol. The Hall–Kier alpha value is -1.72. The molecule has 1 atom stereocenters. The molecule has 0 unspecified atom stereocenters. The van der Waals surface area contributed by atoms with Crippen LogP contribution in [0.2, 0.25) is 0 Å². The Balaban J connectivity index is 1.65. The Morgan fingerprint density at radius 2 is 2.09 bits per heavy atom. The zero-order chi connectivity index (χ0) is 16.1. The van der Waals surface area contributed by atoms with Crippen molar-refractivity contribution < 1.29 is 9.53 Å². The van der Waals surface area contributed by atoms with Gasteiger partial charge in [0.2, 0.25) is 0 Å². The van der Waals surface area contributed by atoms with E-state index in [1.165, 1.54) is 37.8 Å². The van der Waals surface area contributed by atoms with Crippen LogP contribution >= 0.6 is 11.3 Å². The van der Waals surface area contributed by atoms with E-state index in [0.29, 0.717) is 12.5 Å². The average Bonchev–Trinajstić information content (AvgIpc) is 3.27. The van der Waals surface area contributed by atoms with Crippen LogP contribution in [-0.4, -0.2) is 18.1 Å². The summed E-state index contributed by atoms with van der Waals surface area (Å²) in [5.74, 6) is 0.363. The van der Waals surface area contributed by atoms with Gasteiger partial charge in [-0.15, -0.1) is 11.3 Å². The first-order valence-electron chi connectivity index (χ1n) is 8.08. The molecule has 5 heteroatoms. The molecule has 0 amide bonds. The fourth-order valence-electron chi connectivity index (χ4n) is 3.07. The molecule has 0 saturated heterocycles. The lowest BCUT2D eigenvalue weighted by atomic mass is 10.1. The molecule has 1 fully saturated rings. The van der Waals surface area contributed by atoms with Gasteiger partial charge in [-0.05, 0) is 18.4 Å². The van der Waals surface area contributed by atoms with E-state index >= 15 is 0 Å². The molecular formula is C18H22N2O2S. The molecule has 0 radical (unpaired) electrons. The van der Waals surface area contributed by atoms with Gasteiger partial charge >= 0.3 is 5.97 Å². The van der Waals surface area contributed by atoms with Crippen LogP contribution in [0.25, 0.3) is 0 Å². The Bertz CT molecular complexity index is 635. The van der Waals surface area contributed by atoms with Gasteiger partial charge in [-0.25, -0.2) is 9.78 Å².